The van der Waals surface area contributed by atoms with Gasteiger partial charge in [-0.1, -0.05) is 0 Å². The maximum absolute atomic E-state index is 5.04. The Balaban J connectivity index is 2.72. The fraction of sp³-hybridized carbons (Fsp3) is 0.667. The molecule has 0 aliphatic heterocycles. The standard InChI is InChI=1S/C12H21N3O/c1-9-6-10(7-13-12(2,3)4)15-11(14-9)8-16-5/h6,13H,7-8H2,1-5H3. The van der Waals surface area contributed by atoms with Gasteiger partial charge in [-0.3, -0.25) is 0 Å². The van der Waals surface area contributed by atoms with Gasteiger partial charge in [0.25, 0.3) is 0 Å². The predicted octanol–water partition coefficient (Wildman–Crippen LogP) is 1.82. The zero-order valence-electron chi connectivity index (χ0n) is 10.8. The summed E-state index contributed by atoms with van der Waals surface area (Å²) in [4.78, 5) is 8.73. The summed E-state index contributed by atoms with van der Waals surface area (Å²) in [5.41, 5.74) is 2.09. The number of nitrogens with zero attached hydrogens (tertiary/aromatic N) is 2. The molecule has 4 heteroatoms. The van der Waals surface area contributed by atoms with Crippen molar-refractivity contribution in [1.82, 2.24) is 15.3 Å². The molecule has 0 aromatic carbocycles. The van der Waals surface area contributed by atoms with Crippen LogP contribution in [0.15, 0.2) is 6.07 Å². The van der Waals surface area contributed by atoms with E-state index in [-0.39, 0.29) is 5.54 Å². The second-order valence-electron chi connectivity index (χ2n) is 4.95. The molecular formula is C12H21N3O. The van der Waals surface area contributed by atoms with Crippen LogP contribution in [0.25, 0.3) is 0 Å². The largest absolute Gasteiger partial charge is 0.377 e. The first kappa shape index (κ1) is 13.1. The molecule has 4 nitrogen and oxygen atoms in total. The smallest absolute Gasteiger partial charge is 0.154 e. The Hall–Kier alpha value is -1.00. The number of ether oxygens (including phenoxy) is 1. The van der Waals surface area contributed by atoms with Crippen molar-refractivity contribution in [3.05, 3.63) is 23.3 Å². The van der Waals surface area contributed by atoms with Crippen LogP contribution in [0.4, 0.5) is 0 Å². The molecule has 90 valence electrons. The van der Waals surface area contributed by atoms with Crippen molar-refractivity contribution in [2.45, 2.75) is 46.4 Å². The third-order valence-electron chi connectivity index (χ3n) is 2.03. The summed E-state index contributed by atoms with van der Waals surface area (Å²) < 4.78 is 5.04. The topological polar surface area (TPSA) is 47.0 Å². The number of nitrogens with one attached hydrogen (secondary N) is 1. The molecule has 0 fully saturated rings. The summed E-state index contributed by atoms with van der Waals surface area (Å²) in [5, 5.41) is 3.40. The maximum atomic E-state index is 5.04. The average Bonchev–Trinajstić information content (AvgIpc) is 2.13. The molecule has 1 aromatic rings. The molecule has 0 aliphatic carbocycles. The zero-order valence-corrected chi connectivity index (χ0v) is 10.8. The lowest BCUT2D eigenvalue weighted by Gasteiger charge is -2.20. The molecule has 0 atom stereocenters. The van der Waals surface area contributed by atoms with Gasteiger partial charge < -0.3 is 10.1 Å². The number of rotatable bonds is 4. The molecule has 0 saturated heterocycles. The Labute approximate surface area is 97.5 Å². The molecule has 0 aliphatic rings. The molecular weight excluding hydrogens is 202 g/mol. The van der Waals surface area contributed by atoms with Crippen LogP contribution in [-0.2, 0) is 17.9 Å². The van der Waals surface area contributed by atoms with Gasteiger partial charge in [-0.25, -0.2) is 9.97 Å². The lowest BCUT2D eigenvalue weighted by Crippen LogP contribution is -2.35. The molecule has 1 heterocycles. The summed E-state index contributed by atoms with van der Waals surface area (Å²) in [6.45, 7) is 9.60. The van der Waals surface area contributed by atoms with E-state index < -0.39 is 0 Å². The highest BCUT2D eigenvalue weighted by molar-refractivity contribution is 5.10. The minimum atomic E-state index is 0.0975. The SMILES string of the molecule is COCc1nc(C)cc(CNC(C)(C)C)n1. The van der Waals surface area contributed by atoms with E-state index >= 15 is 0 Å². The highest BCUT2D eigenvalue weighted by Gasteiger charge is 2.09. The van der Waals surface area contributed by atoms with Gasteiger partial charge in [0.15, 0.2) is 5.82 Å². The molecule has 0 spiro atoms. The van der Waals surface area contributed by atoms with E-state index in [0.717, 1.165) is 23.8 Å². The molecule has 0 bridgehead atoms. The van der Waals surface area contributed by atoms with Gasteiger partial charge in [-0.15, -0.1) is 0 Å². The summed E-state index contributed by atoms with van der Waals surface area (Å²) in [6, 6.07) is 2.00. The monoisotopic (exact) mass is 223 g/mol. The summed E-state index contributed by atoms with van der Waals surface area (Å²) in [5.74, 6) is 0.744. The van der Waals surface area contributed by atoms with Crippen LogP contribution in [0.3, 0.4) is 0 Å². The maximum Gasteiger partial charge on any atom is 0.154 e. The van der Waals surface area contributed by atoms with Gasteiger partial charge in [0, 0.05) is 24.9 Å². The van der Waals surface area contributed by atoms with Gasteiger partial charge in [0.2, 0.25) is 0 Å². The van der Waals surface area contributed by atoms with Crippen molar-refractivity contribution in [3.8, 4) is 0 Å². The van der Waals surface area contributed by atoms with Gasteiger partial charge in [0.1, 0.15) is 6.61 Å². The molecule has 0 amide bonds. The van der Waals surface area contributed by atoms with Gasteiger partial charge in [-0.2, -0.15) is 0 Å². The van der Waals surface area contributed by atoms with E-state index in [4.69, 9.17) is 4.74 Å². The van der Waals surface area contributed by atoms with Crippen molar-refractivity contribution in [2.24, 2.45) is 0 Å². The summed E-state index contributed by atoms with van der Waals surface area (Å²) >= 11 is 0. The Morgan fingerprint density at radius 2 is 2.00 bits per heavy atom. The van der Waals surface area contributed by atoms with E-state index in [9.17, 15) is 0 Å². The first-order chi connectivity index (χ1) is 7.40. The second-order valence-corrected chi connectivity index (χ2v) is 4.95. The number of hydrogen-bond donors (Lipinski definition) is 1. The molecule has 1 N–H and O–H groups in total. The average molecular weight is 223 g/mol. The minimum Gasteiger partial charge on any atom is -0.377 e. The highest BCUT2D eigenvalue weighted by Crippen LogP contribution is 2.05. The zero-order chi connectivity index (χ0) is 12.2. The van der Waals surface area contributed by atoms with Crippen LogP contribution in [0, 0.1) is 6.92 Å². The Bertz CT molecular complexity index is 345. The normalized spacial score (nSPS) is 11.8. The lowest BCUT2D eigenvalue weighted by molar-refractivity contribution is 0.177. The van der Waals surface area contributed by atoms with Crippen molar-refractivity contribution in [1.29, 1.82) is 0 Å². The summed E-state index contributed by atoms with van der Waals surface area (Å²) in [7, 11) is 1.65. The van der Waals surface area contributed by atoms with E-state index in [1.165, 1.54) is 0 Å². The van der Waals surface area contributed by atoms with E-state index in [1.807, 2.05) is 13.0 Å². The van der Waals surface area contributed by atoms with Gasteiger partial charge in [0.05, 0.1) is 5.69 Å². The van der Waals surface area contributed by atoms with Crippen molar-refractivity contribution in [3.63, 3.8) is 0 Å². The van der Waals surface area contributed by atoms with Crippen LogP contribution in [0.5, 0.6) is 0 Å². The number of hydrogen-bond acceptors (Lipinski definition) is 4. The third kappa shape index (κ3) is 4.68. The molecule has 0 saturated carbocycles. The molecule has 1 aromatic heterocycles. The van der Waals surface area contributed by atoms with E-state index in [2.05, 4.69) is 36.1 Å². The predicted molar refractivity (Wildman–Crippen MR) is 64.1 cm³/mol. The fourth-order valence-corrected chi connectivity index (χ4v) is 1.34. The Kier molecular flexibility index (Phi) is 4.38. The molecule has 0 radical (unpaired) electrons. The first-order valence-electron chi connectivity index (χ1n) is 5.48. The third-order valence-corrected chi connectivity index (χ3v) is 2.03. The number of methoxy groups -OCH3 is 1. The number of aromatic nitrogens is 2. The van der Waals surface area contributed by atoms with Crippen LogP contribution >= 0.6 is 0 Å². The first-order valence-corrected chi connectivity index (χ1v) is 5.48. The van der Waals surface area contributed by atoms with Gasteiger partial charge >= 0.3 is 0 Å². The second kappa shape index (κ2) is 5.37. The quantitative estimate of drug-likeness (QED) is 0.845. The van der Waals surface area contributed by atoms with Crippen molar-refractivity contribution < 1.29 is 4.74 Å². The van der Waals surface area contributed by atoms with Crippen LogP contribution < -0.4 is 5.32 Å². The highest BCUT2D eigenvalue weighted by atomic mass is 16.5. The minimum absolute atomic E-state index is 0.0975. The number of aryl methyl sites for hydroxylation is 1. The Morgan fingerprint density at radius 3 is 2.56 bits per heavy atom. The van der Waals surface area contributed by atoms with Crippen LogP contribution in [0.1, 0.15) is 38.0 Å². The molecule has 16 heavy (non-hydrogen) atoms. The van der Waals surface area contributed by atoms with Crippen LogP contribution in [-0.4, -0.2) is 22.6 Å². The summed E-state index contributed by atoms with van der Waals surface area (Å²) in [6.07, 6.45) is 0. The van der Waals surface area contributed by atoms with Crippen molar-refractivity contribution in [2.75, 3.05) is 7.11 Å². The Morgan fingerprint density at radius 1 is 1.31 bits per heavy atom. The molecule has 1 rings (SSSR count). The van der Waals surface area contributed by atoms with Gasteiger partial charge in [-0.05, 0) is 33.8 Å². The van der Waals surface area contributed by atoms with Crippen molar-refractivity contribution >= 4 is 0 Å². The molecule has 0 unspecified atom stereocenters. The van der Waals surface area contributed by atoms with Crippen LogP contribution in [0.2, 0.25) is 0 Å². The fourth-order valence-electron chi connectivity index (χ4n) is 1.34. The van der Waals surface area contributed by atoms with E-state index in [0.29, 0.717) is 6.61 Å². The van der Waals surface area contributed by atoms with E-state index in [1.54, 1.807) is 7.11 Å². The lowest BCUT2D eigenvalue weighted by atomic mass is 10.1.